The molecule has 1 fully saturated rings. The monoisotopic (exact) mass is 204 g/mol. The lowest BCUT2D eigenvalue weighted by atomic mass is 10.0. The van der Waals surface area contributed by atoms with Crippen molar-refractivity contribution >= 4 is 5.97 Å². The minimum atomic E-state index is -0.0363. The molecule has 0 N–H and O–H groups in total. The number of ether oxygens (including phenoxy) is 1. The molecule has 0 unspecified atom stereocenters. The smallest absolute Gasteiger partial charge is 0.309 e. The molecule has 2 nitrogen and oxygen atoms in total. The zero-order valence-corrected chi connectivity index (χ0v) is 9.19. The highest BCUT2D eigenvalue weighted by Crippen LogP contribution is 2.49. The minimum absolute atomic E-state index is 0.0363. The van der Waals surface area contributed by atoms with E-state index < -0.39 is 0 Å². The Kier molecular flexibility index (Phi) is 2.76. The molecule has 1 saturated carbocycles. The van der Waals surface area contributed by atoms with Crippen LogP contribution in [0.5, 0.6) is 0 Å². The van der Waals surface area contributed by atoms with Crippen LogP contribution in [0.4, 0.5) is 0 Å². The molecular weight excluding hydrogens is 188 g/mol. The maximum atomic E-state index is 11.5. The maximum absolute atomic E-state index is 11.5. The van der Waals surface area contributed by atoms with Crippen molar-refractivity contribution < 1.29 is 9.53 Å². The number of aryl methyl sites for hydroxylation is 1. The van der Waals surface area contributed by atoms with Crippen molar-refractivity contribution in [2.45, 2.75) is 26.2 Å². The highest BCUT2D eigenvalue weighted by Gasteiger charge is 2.45. The molecule has 0 spiro atoms. The Morgan fingerprint density at radius 3 is 2.87 bits per heavy atom. The highest BCUT2D eigenvalue weighted by molar-refractivity contribution is 5.77. The molecule has 80 valence electrons. The van der Waals surface area contributed by atoms with Crippen molar-refractivity contribution in [1.29, 1.82) is 0 Å². The largest absolute Gasteiger partial charge is 0.466 e. The van der Waals surface area contributed by atoms with E-state index in [-0.39, 0.29) is 11.9 Å². The summed E-state index contributed by atoms with van der Waals surface area (Å²) in [7, 11) is 0. The van der Waals surface area contributed by atoms with Gasteiger partial charge in [0.1, 0.15) is 0 Å². The third-order valence-electron chi connectivity index (χ3n) is 2.97. The molecule has 1 aliphatic carbocycles. The fraction of sp³-hybridized carbons (Fsp3) is 0.462. The third-order valence-corrected chi connectivity index (χ3v) is 2.97. The quantitative estimate of drug-likeness (QED) is 0.707. The van der Waals surface area contributed by atoms with E-state index in [0.29, 0.717) is 12.5 Å². The molecule has 2 rings (SSSR count). The first kappa shape index (κ1) is 10.2. The molecule has 15 heavy (non-hydrogen) atoms. The average Bonchev–Trinajstić information content (AvgIpc) is 2.98. The first-order chi connectivity index (χ1) is 7.24. The molecule has 1 aliphatic rings. The van der Waals surface area contributed by atoms with Gasteiger partial charge in [-0.2, -0.15) is 0 Å². The van der Waals surface area contributed by atoms with Crippen LogP contribution in [0.3, 0.4) is 0 Å². The molecule has 0 bridgehead atoms. The van der Waals surface area contributed by atoms with Crippen LogP contribution in [0.25, 0.3) is 0 Å². The van der Waals surface area contributed by atoms with Crippen molar-refractivity contribution in [1.82, 2.24) is 0 Å². The van der Waals surface area contributed by atoms with Crippen LogP contribution in [0, 0.1) is 12.8 Å². The van der Waals surface area contributed by atoms with E-state index in [1.807, 2.05) is 19.1 Å². The summed E-state index contributed by atoms with van der Waals surface area (Å²) in [5.74, 6) is 0.460. The van der Waals surface area contributed by atoms with Gasteiger partial charge in [0.2, 0.25) is 0 Å². The van der Waals surface area contributed by atoms with Gasteiger partial charge in [-0.15, -0.1) is 0 Å². The Bertz CT molecular complexity index is 371. The van der Waals surface area contributed by atoms with Crippen LogP contribution >= 0.6 is 0 Å². The minimum Gasteiger partial charge on any atom is -0.466 e. The van der Waals surface area contributed by atoms with Crippen LogP contribution in [0.1, 0.15) is 30.4 Å². The number of carbonyl (C=O) groups is 1. The molecule has 0 amide bonds. The predicted molar refractivity (Wildman–Crippen MR) is 58.7 cm³/mol. The summed E-state index contributed by atoms with van der Waals surface area (Å²) in [6, 6.07) is 8.26. The summed E-state index contributed by atoms with van der Waals surface area (Å²) in [4.78, 5) is 11.5. The Morgan fingerprint density at radius 2 is 2.20 bits per heavy atom. The number of rotatable bonds is 3. The number of carbonyl (C=O) groups excluding carboxylic acids is 1. The van der Waals surface area contributed by atoms with E-state index >= 15 is 0 Å². The van der Waals surface area contributed by atoms with Crippen molar-refractivity contribution in [2.75, 3.05) is 6.61 Å². The zero-order valence-electron chi connectivity index (χ0n) is 9.19. The first-order valence-corrected chi connectivity index (χ1v) is 5.46. The van der Waals surface area contributed by atoms with Gasteiger partial charge in [-0.05, 0) is 37.3 Å². The van der Waals surface area contributed by atoms with Crippen molar-refractivity contribution in [3.63, 3.8) is 0 Å². The Labute approximate surface area is 90.3 Å². The molecule has 0 radical (unpaired) electrons. The van der Waals surface area contributed by atoms with E-state index in [0.717, 1.165) is 6.42 Å². The summed E-state index contributed by atoms with van der Waals surface area (Å²) in [5.41, 5.74) is 2.57. The van der Waals surface area contributed by atoms with Gasteiger partial charge in [0.05, 0.1) is 12.5 Å². The average molecular weight is 204 g/mol. The summed E-state index contributed by atoms with van der Waals surface area (Å²) < 4.78 is 5.02. The van der Waals surface area contributed by atoms with Gasteiger partial charge in [0, 0.05) is 0 Å². The van der Waals surface area contributed by atoms with Crippen molar-refractivity contribution in [2.24, 2.45) is 5.92 Å². The fourth-order valence-electron chi connectivity index (χ4n) is 2.05. The molecule has 2 heteroatoms. The standard InChI is InChI=1S/C13H16O2/c1-3-15-13(14)12-8-11(12)10-7-5-4-6-9(10)2/h4-7,11-12H,3,8H2,1-2H3/t11-,12-/m0/s1. The van der Waals surface area contributed by atoms with E-state index in [9.17, 15) is 4.79 Å². The van der Waals surface area contributed by atoms with E-state index in [1.54, 1.807) is 0 Å². The van der Waals surface area contributed by atoms with E-state index in [1.165, 1.54) is 11.1 Å². The molecule has 0 heterocycles. The maximum Gasteiger partial charge on any atom is 0.309 e. The van der Waals surface area contributed by atoms with E-state index in [4.69, 9.17) is 4.74 Å². The van der Waals surface area contributed by atoms with Crippen LogP contribution in [0.15, 0.2) is 24.3 Å². The topological polar surface area (TPSA) is 26.3 Å². The van der Waals surface area contributed by atoms with Gasteiger partial charge in [0.15, 0.2) is 0 Å². The summed E-state index contributed by atoms with van der Waals surface area (Å²) in [6.07, 6.45) is 0.948. The van der Waals surface area contributed by atoms with Gasteiger partial charge >= 0.3 is 5.97 Å². The molecule has 0 aliphatic heterocycles. The third kappa shape index (κ3) is 2.04. The van der Waals surface area contributed by atoms with Crippen LogP contribution in [0.2, 0.25) is 0 Å². The molecule has 2 atom stereocenters. The molecule has 1 aromatic carbocycles. The fourth-order valence-corrected chi connectivity index (χ4v) is 2.05. The second kappa shape index (κ2) is 4.05. The lowest BCUT2D eigenvalue weighted by molar-refractivity contribution is -0.144. The summed E-state index contributed by atoms with van der Waals surface area (Å²) >= 11 is 0. The number of benzene rings is 1. The first-order valence-electron chi connectivity index (χ1n) is 5.46. The summed E-state index contributed by atoms with van der Waals surface area (Å²) in [5, 5.41) is 0. The number of hydrogen-bond donors (Lipinski definition) is 0. The van der Waals surface area contributed by atoms with Crippen molar-refractivity contribution in [3.05, 3.63) is 35.4 Å². The van der Waals surface area contributed by atoms with Crippen LogP contribution in [-0.4, -0.2) is 12.6 Å². The second-order valence-electron chi connectivity index (χ2n) is 4.06. The Hall–Kier alpha value is -1.31. The zero-order chi connectivity index (χ0) is 10.8. The van der Waals surface area contributed by atoms with Gasteiger partial charge in [-0.25, -0.2) is 0 Å². The van der Waals surface area contributed by atoms with Gasteiger partial charge in [-0.3, -0.25) is 4.79 Å². The van der Waals surface area contributed by atoms with Gasteiger partial charge in [-0.1, -0.05) is 24.3 Å². The van der Waals surface area contributed by atoms with Crippen LogP contribution < -0.4 is 0 Å². The summed E-state index contributed by atoms with van der Waals surface area (Å²) in [6.45, 7) is 4.43. The lowest BCUT2D eigenvalue weighted by Crippen LogP contribution is -2.07. The molecule has 0 aromatic heterocycles. The van der Waals surface area contributed by atoms with Gasteiger partial charge in [0.25, 0.3) is 0 Å². The molecule has 0 saturated heterocycles. The number of hydrogen-bond acceptors (Lipinski definition) is 2. The molecule has 1 aromatic rings. The Morgan fingerprint density at radius 1 is 1.47 bits per heavy atom. The highest BCUT2D eigenvalue weighted by atomic mass is 16.5. The predicted octanol–water partition coefficient (Wildman–Crippen LogP) is 2.66. The second-order valence-corrected chi connectivity index (χ2v) is 4.06. The van der Waals surface area contributed by atoms with E-state index in [2.05, 4.69) is 19.1 Å². The Balaban J connectivity index is 2.05. The normalized spacial score (nSPS) is 23.6. The van der Waals surface area contributed by atoms with Crippen LogP contribution in [-0.2, 0) is 9.53 Å². The van der Waals surface area contributed by atoms with Gasteiger partial charge < -0.3 is 4.74 Å². The number of esters is 1. The lowest BCUT2D eigenvalue weighted by Gasteiger charge is -2.04. The SMILES string of the molecule is CCOC(=O)[C@H]1C[C@H]1c1ccccc1C. The van der Waals surface area contributed by atoms with Crippen molar-refractivity contribution in [3.8, 4) is 0 Å². The molecular formula is C13H16O2.